The Balaban J connectivity index is 1.47. The maximum atomic E-state index is 13.0. The Labute approximate surface area is 202 Å². The quantitative estimate of drug-likeness (QED) is 0.417. The molecule has 2 amide bonds. The smallest absolute Gasteiger partial charge is 0.252 e. The van der Waals surface area contributed by atoms with Gasteiger partial charge in [0.2, 0.25) is 21.5 Å². The molecule has 1 fully saturated rings. The fourth-order valence-corrected chi connectivity index (χ4v) is 5.26. The van der Waals surface area contributed by atoms with Crippen LogP contribution in [0.2, 0.25) is 0 Å². The number of H-pyrrole nitrogens is 1. The van der Waals surface area contributed by atoms with Gasteiger partial charge in [-0.3, -0.25) is 14.4 Å². The SMILES string of the molecule is O=C(CNC(=O)c1cc(=O)[nH]c2ccc(S(=O)(=O)N3CCOCC3)cc12)NCCc1ccccc1. The van der Waals surface area contributed by atoms with Crippen LogP contribution < -0.4 is 16.2 Å². The van der Waals surface area contributed by atoms with Gasteiger partial charge in [0, 0.05) is 36.6 Å². The summed E-state index contributed by atoms with van der Waals surface area (Å²) in [6.45, 7) is 1.21. The van der Waals surface area contributed by atoms with E-state index in [2.05, 4.69) is 15.6 Å². The zero-order valence-electron chi connectivity index (χ0n) is 19.0. The standard InChI is InChI=1S/C24H26N4O6S/c29-22-15-20(24(31)26-16-23(30)25-9-8-17-4-2-1-3-5-17)19-14-18(6-7-21(19)27-22)35(32,33)28-10-12-34-13-11-28/h1-7,14-15H,8-13,16H2,(H,25,30)(H,26,31)(H,27,29). The highest BCUT2D eigenvalue weighted by Gasteiger charge is 2.27. The van der Waals surface area contributed by atoms with Crippen molar-refractivity contribution in [2.75, 3.05) is 39.4 Å². The number of benzene rings is 2. The lowest BCUT2D eigenvalue weighted by molar-refractivity contribution is -0.120. The van der Waals surface area contributed by atoms with Gasteiger partial charge in [-0.05, 0) is 30.2 Å². The summed E-state index contributed by atoms with van der Waals surface area (Å²) in [7, 11) is -3.80. The van der Waals surface area contributed by atoms with Crippen LogP contribution in [0.4, 0.5) is 0 Å². The van der Waals surface area contributed by atoms with E-state index in [0.29, 0.717) is 31.7 Å². The molecule has 0 aliphatic carbocycles. The van der Waals surface area contributed by atoms with Gasteiger partial charge in [0.15, 0.2) is 0 Å². The number of sulfonamides is 1. The summed E-state index contributed by atoms with van der Waals surface area (Å²) < 4.78 is 32.6. The molecular weight excluding hydrogens is 472 g/mol. The van der Waals surface area contributed by atoms with E-state index in [1.54, 1.807) is 0 Å². The average molecular weight is 499 g/mol. The second kappa shape index (κ2) is 10.8. The molecule has 0 atom stereocenters. The van der Waals surface area contributed by atoms with Crippen molar-refractivity contribution in [3.8, 4) is 0 Å². The van der Waals surface area contributed by atoms with Crippen molar-refractivity contribution in [2.24, 2.45) is 0 Å². The molecule has 3 aromatic rings. The lowest BCUT2D eigenvalue weighted by atomic mass is 10.1. The third kappa shape index (κ3) is 5.94. The second-order valence-corrected chi connectivity index (χ2v) is 9.98. The van der Waals surface area contributed by atoms with E-state index in [0.717, 1.165) is 11.6 Å². The van der Waals surface area contributed by atoms with Gasteiger partial charge in [0.05, 0.1) is 30.2 Å². The average Bonchev–Trinajstić information content (AvgIpc) is 2.87. The molecule has 1 aliphatic heterocycles. The van der Waals surface area contributed by atoms with Crippen LogP contribution in [0.15, 0.2) is 64.3 Å². The van der Waals surface area contributed by atoms with Gasteiger partial charge in [-0.25, -0.2) is 8.42 Å². The van der Waals surface area contributed by atoms with Crippen molar-refractivity contribution in [1.82, 2.24) is 19.9 Å². The molecule has 2 heterocycles. The maximum absolute atomic E-state index is 13.0. The van der Waals surface area contributed by atoms with Gasteiger partial charge in [-0.2, -0.15) is 4.31 Å². The number of aromatic amines is 1. The van der Waals surface area contributed by atoms with Crippen LogP contribution in [-0.4, -0.2) is 68.9 Å². The number of fused-ring (bicyclic) bond motifs is 1. The first-order chi connectivity index (χ1) is 16.8. The summed E-state index contributed by atoms with van der Waals surface area (Å²) in [6, 6.07) is 15.0. The van der Waals surface area contributed by atoms with Crippen molar-refractivity contribution in [2.45, 2.75) is 11.3 Å². The number of carbonyl (C=O) groups excluding carboxylic acids is 2. The molecule has 0 saturated carbocycles. The first kappa shape index (κ1) is 24.6. The first-order valence-electron chi connectivity index (χ1n) is 11.2. The van der Waals surface area contributed by atoms with Gasteiger partial charge < -0.3 is 20.4 Å². The number of amides is 2. The Kier molecular flexibility index (Phi) is 7.59. The minimum absolute atomic E-state index is 0.00616. The number of rotatable bonds is 8. The Morgan fingerprint density at radius 3 is 2.49 bits per heavy atom. The van der Waals surface area contributed by atoms with Crippen LogP contribution in [0.25, 0.3) is 10.9 Å². The highest BCUT2D eigenvalue weighted by atomic mass is 32.2. The number of carbonyl (C=O) groups is 2. The topological polar surface area (TPSA) is 138 Å². The summed E-state index contributed by atoms with van der Waals surface area (Å²) in [6.07, 6.45) is 0.652. The minimum atomic E-state index is -3.80. The molecule has 0 unspecified atom stereocenters. The maximum Gasteiger partial charge on any atom is 0.252 e. The van der Waals surface area contributed by atoms with E-state index >= 15 is 0 Å². The number of hydrogen-bond donors (Lipinski definition) is 3. The van der Waals surface area contributed by atoms with Gasteiger partial charge >= 0.3 is 0 Å². The molecular formula is C24H26N4O6S. The van der Waals surface area contributed by atoms with E-state index in [1.807, 2.05) is 30.3 Å². The number of nitrogens with zero attached hydrogens (tertiary/aromatic N) is 1. The Morgan fingerprint density at radius 2 is 1.74 bits per heavy atom. The van der Waals surface area contributed by atoms with Crippen LogP contribution in [-0.2, 0) is 26.0 Å². The van der Waals surface area contributed by atoms with Crippen molar-refractivity contribution in [1.29, 1.82) is 0 Å². The molecule has 1 aromatic heterocycles. The first-order valence-corrected chi connectivity index (χ1v) is 12.6. The number of nitrogens with one attached hydrogen (secondary N) is 3. The molecule has 0 spiro atoms. The van der Waals surface area contributed by atoms with Gasteiger partial charge in [0.25, 0.3) is 5.91 Å². The summed E-state index contributed by atoms with van der Waals surface area (Å²) in [4.78, 5) is 39.7. The number of morpholine rings is 1. The van der Waals surface area contributed by atoms with Crippen LogP contribution in [0, 0.1) is 0 Å². The molecule has 2 aromatic carbocycles. The van der Waals surface area contributed by atoms with Crippen LogP contribution in [0.1, 0.15) is 15.9 Å². The lowest BCUT2D eigenvalue weighted by Gasteiger charge is -2.26. The number of pyridine rings is 1. The molecule has 0 radical (unpaired) electrons. The number of aromatic nitrogens is 1. The van der Waals surface area contributed by atoms with Crippen LogP contribution in [0.5, 0.6) is 0 Å². The monoisotopic (exact) mass is 498 g/mol. The van der Waals surface area contributed by atoms with Crippen LogP contribution >= 0.6 is 0 Å². The summed E-state index contributed by atoms with van der Waals surface area (Å²) >= 11 is 0. The van der Waals surface area contributed by atoms with E-state index in [1.165, 1.54) is 22.5 Å². The second-order valence-electron chi connectivity index (χ2n) is 8.04. The molecule has 0 bridgehead atoms. The summed E-state index contributed by atoms with van der Waals surface area (Å²) in [5.41, 5.74) is 0.865. The molecule has 35 heavy (non-hydrogen) atoms. The predicted molar refractivity (Wildman–Crippen MR) is 130 cm³/mol. The lowest BCUT2D eigenvalue weighted by Crippen LogP contribution is -2.40. The van der Waals surface area contributed by atoms with E-state index in [4.69, 9.17) is 4.74 Å². The summed E-state index contributed by atoms with van der Waals surface area (Å²) in [5.74, 6) is -1.03. The minimum Gasteiger partial charge on any atom is -0.379 e. The molecule has 184 valence electrons. The van der Waals surface area contributed by atoms with E-state index in [-0.39, 0.29) is 41.4 Å². The highest BCUT2D eigenvalue weighted by Crippen LogP contribution is 2.23. The predicted octanol–water partition coefficient (Wildman–Crippen LogP) is 0.638. The zero-order valence-corrected chi connectivity index (χ0v) is 19.8. The molecule has 4 rings (SSSR count). The molecule has 1 aliphatic rings. The van der Waals surface area contributed by atoms with Crippen LogP contribution in [0.3, 0.4) is 0 Å². The molecule has 1 saturated heterocycles. The number of ether oxygens (including phenoxy) is 1. The molecule has 3 N–H and O–H groups in total. The number of hydrogen-bond acceptors (Lipinski definition) is 6. The summed E-state index contributed by atoms with van der Waals surface area (Å²) in [5, 5.41) is 5.51. The fraction of sp³-hybridized carbons (Fsp3) is 0.292. The van der Waals surface area contributed by atoms with Crippen molar-refractivity contribution in [3.05, 3.63) is 76.1 Å². The van der Waals surface area contributed by atoms with Crippen molar-refractivity contribution in [3.63, 3.8) is 0 Å². The van der Waals surface area contributed by atoms with Gasteiger partial charge in [-0.15, -0.1) is 0 Å². The Hall–Kier alpha value is -3.54. The fourth-order valence-electron chi connectivity index (χ4n) is 3.83. The zero-order chi connectivity index (χ0) is 24.8. The highest BCUT2D eigenvalue weighted by molar-refractivity contribution is 7.89. The Morgan fingerprint density at radius 1 is 1.00 bits per heavy atom. The molecule has 11 heteroatoms. The molecule has 10 nitrogen and oxygen atoms in total. The van der Waals surface area contributed by atoms with Crippen molar-refractivity contribution < 1.29 is 22.7 Å². The van der Waals surface area contributed by atoms with Gasteiger partial charge in [-0.1, -0.05) is 30.3 Å². The van der Waals surface area contributed by atoms with E-state index in [9.17, 15) is 22.8 Å². The Bertz CT molecular complexity index is 1380. The normalized spacial score (nSPS) is 14.5. The van der Waals surface area contributed by atoms with E-state index < -0.39 is 21.5 Å². The third-order valence-electron chi connectivity index (χ3n) is 5.66. The van der Waals surface area contributed by atoms with Crippen molar-refractivity contribution >= 4 is 32.7 Å². The largest absolute Gasteiger partial charge is 0.379 e. The van der Waals surface area contributed by atoms with Gasteiger partial charge in [0.1, 0.15) is 0 Å². The third-order valence-corrected chi connectivity index (χ3v) is 7.55.